The highest BCUT2D eigenvalue weighted by atomic mass is 32.2. The number of nitrogens with zero attached hydrogens (tertiary/aromatic N) is 2. The lowest BCUT2D eigenvalue weighted by Crippen LogP contribution is -2.23. The summed E-state index contributed by atoms with van der Waals surface area (Å²) in [7, 11) is 0. The molecular formula is C13H22N4S2. The van der Waals surface area contributed by atoms with Gasteiger partial charge in [-0.2, -0.15) is 16.9 Å². The summed E-state index contributed by atoms with van der Waals surface area (Å²) in [5, 5.41) is 11.7. The summed E-state index contributed by atoms with van der Waals surface area (Å²) in [6.07, 6.45) is 1.07. The van der Waals surface area contributed by atoms with Gasteiger partial charge in [-0.05, 0) is 44.3 Å². The second kappa shape index (κ2) is 7.65. The quantitative estimate of drug-likeness (QED) is 0.596. The fourth-order valence-corrected chi connectivity index (χ4v) is 2.78. The van der Waals surface area contributed by atoms with Gasteiger partial charge in [0, 0.05) is 6.04 Å². The Balaban J connectivity index is 2.83. The minimum atomic E-state index is 0.323. The molecule has 0 spiro atoms. The average Bonchev–Trinajstić information content (AvgIpc) is 2.34. The molecule has 0 saturated heterocycles. The molecule has 1 heterocycles. The Labute approximate surface area is 124 Å². The molecule has 0 amide bonds. The highest BCUT2D eigenvalue weighted by molar-refractivity contribution is 7.99. The zero-order chi connectivity index (χ0) is 14.4. The zero-order valence-electron chi connectivity index (χ0n) is 12.0. The van der Waals surface area contributed by atoms with Crippen LogP contribution >= 0.6 is 24.0 Å². The Morgan fingerprint density at radius 2 is 2.11 bits per heavy atom. The summed E-state index contributed by atoms with van der Waals surface area (Å²) in [4.78, 5) is 0.369. The first kappa shape index (κ1) is 16.2. The number of anilines is 1. The van der Waals surface area contributed by atoms with Crippen molar-refractivity contribution in [1.29, 1.82) is 0 Å². The second-order valence-corrected chi connectivity index (χ2v) is 6.36. The minimum absolute atomic E-state index is 0.323. The van der Waals surface area contributed by atoms with Crippen LogP contribution in [-0.4, -0.2) is 32.7 Å². The third-order valence-electron chi connectivity index (χ3n) is 2.98. The number of aryl methyl sites for hydroxylation is 1. The van der Waals surface area contributed by atoms with Crippen LogP contribution in [0.4, 0.5) is 5.82 Å². The molecule has 1 unspecified atom stereocenters. The van der Waals surface area contributed by atoms with E-state index in [1.807, 2.05) is 25.6 Å². The smallest absolute Gasteiger partial charge is 0.159 e. The van der Waals surface area contributed by atoms with Gasteiger partial charge in [-0.15, -0.1) is 5.10 Å². The van der Waals surface area contributed by atoms with Crippen LogP contribution in [0.15, 0.2) is 0 Å². The maximum Gasteiger partial charge on any atom is 0.159 e. The third-order valence-corrected chi connectivity index (χ3v) is 4.12. The Morgan fingerprint density at radius 3 is 2.68 bits per heavy atom. The van der Waals surface area contributed by atoms with Gasteiger partial charge in [0.1, 0.15) is 4.99 Å². The molecule has 19 heavy (non-hydrogen) atoms. The van der Waals surface area contributed by atoms with E-state index in [1.54, 1.807) is 0 Å². The first-order chi connectivity index (χ1) is 8.97. The molecule has 1 aromatic heterocycles. The van der Waals surface area contributed by atoms with E-state index in [1.165, 1.54) is 0 Å². The van der Waals surface area contributed by atoms with Crippen LogP contribution in [0.25, 0.3) is 0 Å². The zero-order valence-corrected chi connectivity index (χ0v) is 13.6. The number of aromatic nitrogens is 2. The average molecular weight is 298 g/mol. The van der Waals surface area contributed by atoms with Crippen molar-refractivity contribution in [3.05, 3.63) is 16.8 Å². The van der Waals surface area contributed by atoms with Crippen molar-refractivity contribution in [2.24, 2.45) is 5.73 Å². The Morgan fingerprint density at radius 1 is 1.42 bits per heavy atom. The van der Waals surface area contributed by atoms with E-state index in [4.69, 9.17) is 18.0 Å². The van der Waals surface area contributed by atoms with Gasteiger partial charge in [0.2, 0.25) is 0 Å². The van der Waals surface area contributed by atoms with Crippen LogP contribution in [0.5, 0.6) is 0 Å². The van der Waals surface area contributed by atoms with Gasteiger partial charge in [0.05, 0.1) is 11.3 Å². The van der Waals surface area contributed by atoms with E-state index in [2.05, 4.69) is 29.4 Å². The lowest BCUT2D eigenvalue weighted by Gasteiger charge is -2.18. The van der Waals surface area contributed by atoms with E-state index in [-0.39, 0.29) is 0 Å². The topological polar surface area (TPSA) is 63.8 Å². The van der Waals surface area contributed by atoms with Crippen molar-refractivity contribution in [2.75, 3.05) is 16.8 Å². The standard InChI is InChI=1S/C13H22N4S2/c1-5-19-7-6-8(2)15-13-11(12(14)18)9(3)10(4)16-17-13/h8H,5-7H2,1-4H3,(H2,14,18)(H,15,17). The maximum absolute atomic E-state index is 5.80. The molecule has 1 rings (SSSR count). The molecule has 0 fully saturated rings. The molecule has 106 valence electrons. The largest absolute Gasteiger partial charge is 0.389 e. The van der Waals surface area contributed by atoms with Gasteiger partial charge in [-0.1, -0.05) is 19.1 Å². The van der Waals surface area contributed by atoms with Gasteiger partial charge in [-0.25, -0.2) is 0 Å². The van der Waals surface area contributed by atoms with Crippen LogP contribution < -0.4 is 11.1 Å². The van der Waals surface area contributed by atoms with Gasteiger partial charge < -0.3 is 11.1 Å². The molecule has 0 aliphatic rings. The van der Waals surface area contributed by atoms with Crippen LogP contribution in [-0.2, 0) is 0 Å². The number of thiocarbonyl (C=S) groups is 1. The Kier molecular flexibility index (Phi) is 6.51. The van der Waals surface area contributed by atoms with Gasteiger partial charge in [0.15, 0.2) is 5.82 Å². The van der Waals surface area contributed by atoms with E-state index < -0.39 is 0 Å². The van der Waals surface area contributed by atoms with Crippen molar-refractivity contribution in [2.45, 2.75) is 40.2 Å². The molecule has 0 aromatic carbocycles. The summed E-state index contributed by atoms with van der Waals surface area (Å²) >= 11 is 7.06. The molecular weight excluding hydrogens is 276 g/mol. The van der Waals surface area contributed by atoms with E-state index >= 15 is 0 Å². The third kappa shape index (κ3) is 4.62. The molecule has 3 N–H and O–H groups in total. The summed E-state index contributed by atoms with van der Waals surface area (Å²) < 4.78 is 0. The van der Waals surface area contributed by atoms with Gasteiger partial charge in [-0.3, -0.25) is 0 Å². The van der Waals surface area contributed by atoms with Crippen molar-refractivity contribution in [1.82, 2.24) is 10.2 Å². The van der Waals surface area contributed by atoms with Crippen LogP contribution in [0.3, 0.4) is 0 Å². The lowest BCUT2D eigenvalue weighted by atomic mass is 10.1. The molecule has 6 heteroatoms. The molecule has 1 aromatic rings. The lowest BCUT2D eigenvalue weighted by molar-refractivity contribution is 0.759. The highest BCUT2D eigenvalue weighted by Gasteiger charge is 2.15. The van der Waals surface area contributed by atoms with Crippen molar-refractivity contribution in [3.8, 4) is 0 Å². The Bertz CT molecular complexity index is 449. The number of thioether (sulfide) groups is 1. The molecule has 1 atom stereocenters. The van der Waals surface area contributed by atoms with Crippen molar-refractivity contribution < 1.29 is 0 Å². The van der Waals surface area contributed by atoms with Gasteiger partial charge in [0.25, 0.3) is 0 Å². The number of hydrogen-bond acceptors (Lipinski definition) is 5. The maximum atomic E-state index is 5.80. The number of rotatable bonds is 7. The van der Waals surface area contributed by atoms with Crippen LogP contribution in [0.1, 0.15) is 37.1 Å². The second-order valence-electron chi connectivity index (χ2n) is 4.53. The molecule has 0 radical (unpaired) electrons. The normalized spacial score (nSPS) is 12.2. The van der Waals surface area contributed by atoms with Crippen molar-refractivity contribution in [3.63, 3.8) is 0 Å². The van der Waals surface area contributed by atoms with Crippen molar-refractivity contribution >= 4 is 34.8 Å². The summed E-state index contributed by atoms with van der Waals surface area (Å²) in [6, 6.07) is 0.323. The number of nitrogens with one attached hydrogen (secondary N) is 1. The predicted molar refractivity (Wildman–Crippen MR) is 88.1 cm³/mol. The highest BCUT2D eigenvalue weighted by Crippen LogP contribution is 2.19. The first-order valence-electron chi connectivity index (χ1n) is 6.45. The molecule has 0 saturated carbocycles. The van der Waals surface area contributed by atoms with Crippen LogP contribution in [0.2, 0.25) is 0 Å². The molecule has 0 aliphatic carbocycles. The van der Waals surface area contributed by atoms with Gasteiger partial charge >= 0.3 is 0 Å². The molecule has 0 aliphatic heterocycles. The fourth-order valence-electron chi connectivity index (χ4n) is 1.72. The SMILES string of the molecule is CCSCCC(C)Nc1nnc(C)c(C)c1C(N)=S. The monoisotopic (exact) mass is 298 g/mol. The van der Waals surface area contributed by atoms with E-state index in [0.29, 0.717) is 16.8 Å². The fraction of sp³-hybridized carbons (Fsp3) is 0.615. The number of nitrogens with two attached hydrogens (primary N) is 1. The minimum Gasteiger partial charge on any atom is -0.389 e. The Hall–Kier alpha value is -0.880. The predicted octanol–water partition coefficient (Wildman–Crippen LogP) is 2.67. The molecule has 4 nitrogen and oxygen atoms in total. The molecule has 0 bridgehead atoms. The number of hydrogen-bond donors (Lipinski definition) is 2. The summed E-state index contributed by atoms with van der Waals surface area (Å²) in [5.41, 5.74) is 8.48. The van der Waals surface area contributed by atoms with E-state index in [9.17, 15) is 0 Å². The summed E-state index contributed by atoms with van der Waals surface area (Å²) in [5.74, 6) is 2.98. The first-order valence-corrected chi connectivity index (χ1v) is 8.01. The summed E-state index contributed by atoms with van der Waals surface area (Å²) in [6.45, 7) is 8.19. The van der Waals surface area contributed by atoms with E-state index in [0.717, 1.165) is 34.7 Å². The van der Waals surface area contributed by atoms with Crippen LogP contribution in [0, 0.1) is 13.8 Å².